The van der Waals surface area contributed by atoms with E-state index in [1.54, 1.807) is 0 Å². The third kappa shape index (κ3) is 5.08. The normalized spacial score (nSPS) is 11.2. The van der Waals surface area contributed by atoms with Gasteiger partial charge in [-0.3, -0.25) is 0 Å². The molecule has 0 aliphatic rings. The van der Waals surface area contributed by atoms with E-state index in [0.717, 1.165) is 12.8 Å². The van der Waals surface area contributed by atoms with Crippen molar-refractivity contribution in [1.82, 2.24) is 0 Å². The van der Waals surface area contributed by atoms with Gasteiger partial charge in [-0.05, 0) is 71.6 Å². The highest BCUT2D eigenvalue weighted by Gasteiger charge is 2.27. The summed E-state index contributed by atoms with van der Waals surface area (Å²) in [4.78, 5) is 0. The molecular weight excluding hydrogens is 470 g/mol. The molecule has 36 heavy (non-hydrogen) atoms. The van der Waals surface area contributed by atoms with Crippen LogP contribution in [-0.4, -0.2) is 0 Å². The monoisotopic (exact) mass is 502 g/mol. The second-order valence-electron chi connectivity index (χ2n) is 8.80. The zero-order valence-corrected chi connectivity index (χ0v) is 22.8. The van der Waals surface area contributed by atoms with Crippen molar-refractivity contribution in [1.29, 1.82) is 0 Å². The molecule has 2 heteroatoms. The number of aryl methyl sites for hydroxylation is 2. The molecular formula is C34H32P2. The Hall–Kier alpha value is -3.04. The van der Waals surface area contributed by atoms with Crippen LogP contribution in [0.4, 0.5) is 0 Å². The zero-order valence-electron chi connectivity index (χ0n) is 21.0. The average molecular weight is 503 g/mol. The zero-order chi connectivity index (χ0) is 24.7. The Balaban J connectivity index is 1.80. The van der Waals surface area contributed by atoms with Crippen LogP contribution in [0.1, 0.15) is 25.0 Å². The van der Waals surface area contributed by atoms with Crippen molar-refractivity contribution in [2.75, 3.05) is 0 Å². The Morgan fingerprint density at radius 3 is 1.11 bits per heavy atom. The van der Waals surface area contributed by atoms with E-state index in [1.807, 2.05) is 0 Å². The van der Waals surface area contributed by atoms with Crippen LogP contribution in [0, 0.1) is 0 Å². The van der Waals surface area contributed by atoms with Crippen molar-refractivity contribution < 1.29 is 0 Å². The molecule has 0 saturated heterocycles. The molecule has 0 unspecified atom stereocenters. The minimum Gasteiger partial charge on any atom is -0.0622 e. The molecule has 0 aliphatic heterocycles. The third-order valence-electron chi connectivity index (χ3n) is 6.62. The predicted molar refractivity (Wildman–Crippen MR) is 163 cm³/mol. The van der Waals surface area contributed by atoms with Crippen LogP contribution in [0.2, 0.25) is 0 Å². The lowest BCUT2D eigenvalue weighted by Crippen LogP contribution is -2.35. The van der Waals surface area contributed by atoms with Gasteiger partial charge in [-0.25, -0.2) is 0 Å². The van der Waals surface area contributed by atoms with Crippen LogP contribution in [0.25, 0.3) is 0 Å². The summed E-state index contributed by atoms with van der Waals surface area (Å²) in [7, 11) is -1.41. The Morgan fingerprint density at radius 1 is 0.361 bits per heavy atom. The van der Waals surface area contributed by atoms with Crippen LogP contribution in [0.15, 0.2) is 133 Å². The molecule has 0 bridgehead atoms. The van der Waals surface area contributed by atoms with Gasteiger partial charge in [0.25, 0.3) is 0 Å². The van der Waals surface area contributed by atoms with Crippen LogP contribution in [0.5, 0.6) is 0 Å². The third-order valence-corrected chi connectivity index (χ3v) is 12.0. The lowest BCUT2D eigenvalue weighted by Gasteiger charge is -2.29. The molecule has 0 amide bonds. The maximum atomic E-state index is 2.40. The van der Waals surface area contributed by atoms with Gasteiger partial charge >= 0.3 is 0 Å². The number of rotatable bonds is 8. The molecule has 0 N–H and O–H groups in total. The summed E-state index contributed by atoms with van der Waals surface area (Å²) in [6, 6.07) is 49.6. The smallest absolute Gasteiger partial charge is 0.00674 e. The lowest BCUT2D eigenvalue weighted by atomic mass is 10.2. The highest BCUT2D eigenvalue weighted by Crippen LogP contribution is 2.40. The first-order valence-corrected chi connectivity index (χ1v) is 15.4. The predicted octanol–water partition coefficient (Wildman–Crippen LogP) is 6.33. The van der Waals surface area contributed by atoms with Crippen LogP contribution < -0.4 is 31.8 Å². The number of benzene rings is 5. The SMILES string of the molecule is CCc1ccccc1P(c1ccccc1CC)c1ccccc1P(c1ccccc1)c1ccccc1. The first kappa shape index (κ1) is 24.6. The van der Waals surface area contributed by atoms with Crippen molar-refractivity contribution in [3.05, 3.63) is 145 Å². The summed E-state index contributed by atoms with van der Waals surface area (Å²) in [5, 5.41) is 8.71. The summed E-state index contributed by atoms with van der Waals surface area (Å²) in [6.45, 7) is 4.57. The van der Waals surface area contributed by atoms with Gasteiger partial charge in [0.1, 0.15) is 0 Å². The quantitative estimate of drug-likeness (QED) is 0.218. The largest absolute Gasteiger partial charge is 0.0622 e. The van der Waals surface area contributed by atoms with Crippen molar-refractivity contribution in [2.24, 2.45) is 0 Å². The second kappa shape index (κ2) is 11.8. The highest BCUT2D eigenvalue weighted by molar-refractivity contribution is 7.85. The van der Waals surface area contributed by atoms with Gasteiger partial charge in [-0.2, -0.15) is 0 Å². The molecule has 0 aromatic heterocycles. The molecule has 5 aromatic rings. The molecule has 0 radical (unpaired) electrons. The minimum atomic E-state index is -0.717. The van der Waals surface area contributed by atoms with Gasteiger partial charge in [0, 0.05) is 0 Å². The Morgan fingerprint density at radius 2 is 0.694 bits per heavy atom. The highest BCUT2D eigenvalue weighted by atomic mass is 31.1. The molecule has 5 rings (SSSR count). The Kier molecular flexibility index (Phi) is 8.08. The second-order valence-corrected chi connectivity index (χ2v) is 13.1. The average Bonchev–Trinajstić information content (AvgIpc) is 2.96. The van der Waals surface area contributed by atoms with E-state index in [4.69, 9.17) is 0 Å². The lowest BCUT2D eigenvalue weighted by molar-refractivity contribution is 1.15. The van der Waals surface area contributed by atoms with Gasteiger partial charge in [0.15, 0.2) is 0 Å². The van der Waals surface area contributed by atoms with E-state index in [0.29, 0.717) is 0 Å². The fourth-order valence-electron chi connectivity index (χ4n) is 4.87. The Bertz CT molecular complexity index is 1320. The summed E-state index contributed by atoms with van der Waals surface area (Å²) < 4.78 is 0. The van der Waals surface area contributed by atoms with Crippen molar-refractivity contribution in [3.63, 3.8) is 0 Å². The van der Waals surface area contributed by atoms with E-state index in [9.17, 15) is 0 Å². The summed E-state index contributed by atoms with van der Waals surface area (Å²) in [5.41, 5.74) is 2.90. The van der Waals surface area contributed by atoms with E-state index in [2.05, 4.69) is 147 Å². The van der Waals surface area contributed by atoms with Crippen LogP contribution in [0.3, 0.4) is 0 Å². The van der Waals surface area contributed by atoms with Gasteiger partial charge in [0.05, 0.1) is 0 Å². The molecule has 0 heterocycles. The van der Waals surface area contributed by atoms with Gasteiger partial charge in [-0.1, -0.05) is 147 Å². The van der Waals surface area contributed by atoms with E-state index >= 15 is 0 Å². The van der Waals surface area contributed by atoms with Gasteiger partial charge in [0.2, 0.25) is 0 Å². The van der Waals surface area contributed by atoms with Crippen molar-refractivity contribution >= 4 is 47.7 Å². The molecule has 0 fully saturated rings. The first-order chi connectivity index (χ1) is 17.8. The summed E-state index contributed by atoms with van der Waals surface area (Å²) >= 11 is 0. The van der Waals surface area contributed by atoms with E-state index in [-0.39, 0.29) is 0 Å². The van der Waals surface area contributed by atoms with Crippen molar-refractivity contribution in [3.8, 4) is 0 Å². The molecule has 0 spiro atoms. The topological polar surface area (TPSA) is 0 Å². The molecule has 0 aliphatic carbocycles. The molecule has 178 valence electrons. The number of hydrogen-bond acceptors (Lipinski definition) is 0. The van der Waals surface area contributed by atoms with Crippen LogP contribution >= 0.6 is 15.8 Å². The van der Waals surface area contributed by atoms with Gasteiger partial charge < -0.3 is 0 Å². The molecule has 0 atom stereocenters. The Labute approximate surface area is 218 Å². The van der Waals surface area contributed by atoms with Crippen molar-refractivity contribution in [2.45, 2.75) is 26.7 Å². The molecule has 0 saturated carbocycles. The maximum absolute atomic E-state index is 2.40. The fraction of sp³-hybridized carbons (Fsp3) is 0.118. The number of hydrogen-bond donors (Lipinski definition) is 0. The fourth-order valence-corrected chi connectivity index (χ4v) is 10.6. The molecule has 5 aromatic carbocycles. The van der Waals surface area contributed by atoms with E-state index < -0.39 is 15.8 Å². The van der Waals surface area contributed by atoms with Crippen LogP contribution in [-0.2, 0) is 12.8 Å². The maximum Gasteiger partial charge on any atom is -0.00674 e. The minimum absolute atomic E-state index is 0.692. The summed E-state index contributed by atoms with van der Waals surface area (Å²) in [5.74, 6) is 0. The standard InChI is InChI=1S/C34H32P2/c1-3-27-17-11-13-23-31(27)36(32-24-14-12-18-28(32)4-2)34-26-16-15-25-33(34)35(29-19-7-5-8-20-29)30-21-9-6-10-22-30/h5-26H,3-4H2,1-2H3. The van der Waals surface area contributed by atoms with Gasteiger partial charge in [-0.15, -0.1) is 0 Å². The van der Waals surface area contributed by atoms with E-state index in [1.165, 1.54) is 43.0 Å². The summed E-state index contributed by atoms with van der Waals surface area (Å²) in [6.07, 6.45) is 2.08. The first-order valence-electron chi connectivity index (χ1n) is 12.8. The molecule has 0 nitrogen and oxygen atoms in total.